The predicted molar refractivity (Wildman–Crippen MR) is 141 cm³/mol. The molecule has 0 radical (unpaired) electrons. The Labute approximate surface area is 207 Å². The molecule has 2 heterocycles. The molecular formula is C26H28N4O2S2. The summed E-state index contributed by atoms with van der Waals surface area (Å²) in [5, 5.41) is 3.92. The van der Waals surface area contributed by atoms with Crippen LogP contribution >= 0.6 is 23.1 Å². The fraction of sp³-hybridized carbons (Fsp3) is 0.308. The van der Waals surface area contributed by atoms with E-state index in [1.807, 2.05) is 54.8 Å². The van der Waals surface area contributed by atoms with E-state index in [9.17, 15) is 9.59 Å². The van der Waals surface area contributed by atoms with E-state index in [-0.39, 0.29) is 11.5 Å². The van der Waals surface area contributed by atoms with Crippen LogP contribution in [0.3, 0.4) is 0 Å². The molecule has 2 aromatic carbocycles. The van der Waals surface area contributed by atoms with Crippen molar-refractivity contribution in [2.24, 2.45) is 5.92 Å². The van der Waals surface area contributed by atoms with Gasteiger partial charge in [0.2, 0.25) is 5.91 Å². The van der Waals surface area contributed by atoms with Crippen molar-refractivity contribution in [3.63, 3.8) is 0 Å². The van der Waals surface area contributed by atoms with Crippen molar-refractivity contribution >= 4 is 50.7 Å². The third-order valence-corrected chi connectivity index (χ3v) is 7.40. The second-order valence-corrected chi connectivity index (χ2v) is 10.5. The van der Waals surface area contributed by atoms with Gasteiger partial charge in [0.15, 0.2) is 10.3 Å². The maximum atomic E-state index is 13.1. The Hall–Kier alpha value is -2.97. The highest BCUT2D eigenvalue weighted by atomic mass is 32.2. The zero-order chi connectivity index (χ0) is 24.4. The highest BCUT2D eigenvalue weighted by Crippen LogP contribution is 2.32. The second kappa shape index (κ2) is 10.1. The number of anilines is 2. The maximum absolute atomic E-state index is 13.1. The van der Waals surface area contributed by atoms with E-state index < -0.39 is 0 Å². The van der Waals surface area contributed by atoms with Gasteiger partial charge in [-0.1, -0.05) is 43.8 Å². The molecule has 0 bridgehead atoms. The number of aryl methyl sites for hydroxylation is 2. The average Bonchev–Trinajstić information content (AvgIpc) is 3.25. The number of para-hydroxylation sites is 1. The predicted octanol–water partition coefficient (Wildman–Crippen LogP) is 6.10. The largest absolute Gasteiger partial charge is 0.287 e. The summed E-state index contributed by atoms with van der Waals surface area (Å²) in [6.45, 7) is 10.4. The number of fused-ring (bicyclic) bond motifs is 1. The first-order valence-corrected chi connectivity index (χ1v) is 13.1. The van der Waals surface area contributed by atoms with Crippen LogP contribution in [0.4, 0.5) is 10.8 Å². The van der Waals surface area contributed by atoms with E-state index >= 15 is 0 Å². The second-order valence-electron chi connectivity index (χ2n) is 8.75. The van der Waals surface area contributed by atoms with Crippen molar-refractivity contribution in [2.45, 2.75) is 52.1 Å². The van der Waals surface area contributed by atoms with Crippen LogP contribution in [0.25, 0.3) is 10.9 Å². The minimum atomic E-state index is -0.0845. The van der Waals surface area contributed by atoms with Crippen molar-refractivity contribution in [3.05, 3.63) is 75.0 Å². The van der Waals surface area contributed by atoms with Crippen LogP contribution in [0, 0.1) is 19.8 Å². The number of hydrogen-bond donors (Lipinski definition) is 0. The fourth-order valence-corrected chi connectivity index (χ4v) is 5.57. The third kappa shape index (κ3) is 5.08. The lowest BCUT2D eigenvalue weighted by Crippen LogP contribution is -2.25. The summed E-state index contributed by atoms with van der Waals surface area (Å²) in [6.07, 6.45) is 0. The Bertz CT molecular complexity index is 1410. The fourth-order valence-electron chi connectivity index (χ4n) is 3.68. The number of carbonyl (C=O) groups excluding carboxylic acids is 1. The van der Waals surface area contributed by atoms with Gasteiger partial charge < -0.3 is 0 Å². The van der Waals surface area contributed by atoms with Crippen LogP contribution in [0.2, 0.25) is 0 Å². The summed E-state index contributed by atoms with van der Waals surface area (Å²) in [7, 11) is 0. The zero-order valence-electron chi connectivity index (χ0n) is 20.0. The normalized spacial score (nSPS) is 11.4. The number of benzene rings is 2. The first-order valence-electron chi connectivity index (χ1n) is 11.2. The third-order valence-electron chi connectivity index (χ3n) is 5.52. The molecule has 0 atom stereocenters. The van der Waals surface area contributed by atoms with Gasteiger partial charge in [0, 0.05) is 24.6 Å². The Morgan fingerprint density at radius 3 is 2.59 bits per heavy atom. The van der Waals surface area contributed by atoms with Crippen molar-refractivity contribution < 1.29 is 4.79 Å². The molecule has 4 aromatic rings. The maximum Gasteiger partial charge on any atom is 0.262 e. The molecule has 0 aliphatic carbocycles. The van der Waals surface area contributed by atoms with Crippen LogP contribution in [-0.4, -0.2) is 20.4 Å². The zero-order valence-corrected chi connectivity index (χ0v) is 21.7. The molecule has 0 aliphatic rings. The Balaban J connectivity index is 1.62. The molecule has 1 amide bonds. The molecule has 2 aromatic heterocycles. The monoisotopic (exact) mass is 492 g/mol. The summed E-state index contributed by atoms with van der Waals surface area (Å²) < 4.78 is 1.77. The molecule has 0 N–H and O–H groups in total. The summed E-state index contributed by atoms with van der Waals surface area (Å²) >= 11 is 2.94. The lowest BCUT2D eigenvalue weighted by atomic mass is 10.1. The first-order chi connectivity index (χ1) is 16.2. The number of amides is 1. The van der Waals surface area contributed by atoms with E-state index in [0.717, 1.165) is 16.9 Å². The number of rotatable bonds is 7. The van der Waals surface area contributed by atoms with Gasteiger partial charge in [-0.25, -0.2) is 9.97 Å². The molecule has 176 valence electrons. The highest BCUT2D eigenvalue weighted by molar-refractivity contribution is 7.98. The lowest BCUT2D eigenvalue weighted by molar-refractivity contribution is -0.115. The summed E-state index contributed by atoms with van der Waals surface area (Å²) in [6, 6.07) is 13.4. The summed E-state index contributed by atoms with van der Waals surface area (Å²) in [5.74, 6) is 0.782. The molecule has 0 spiro atoms. The molecule has 0 fully saturated rings. The van der Waals surface area contributed by atoms with Crippen LogP contribution in [0.5, 0.6) is 0 Å². The lowest BCUT2D eigenvalue weighted by Gasteiger charge is -2.19. The smallest absolute Gasteiger partial charge is 0.262 e. The Kier molecular flexibility index (Phi) is 7.19. The standard InChI is InChI=1S/C26H28N4O2S2/c1-16(2)13-29-24(32)22-8-6-7-9-23(22)28-25(29)33-14-20-15-34-26(27-20)30(19(5)31)21-11-10-17(3)18(4)12-21/h6-12,15-16H,13-14H2,1-5H3. The Morgan fingerprint density at radius 2 is 1.88 bits per heavy atom. The van der Waals surface area contributed by atoms with Gasteiger partial charge in [-0.15, -0.1) is 11.3 Å². The molecule has 6 nitrogen and oxygen atoms in total. The van der Waals surface area contributed by atoms with Gasteiger partial charge in [0.05, 0.1) is 22.3 Å². The van der Waals surface area contributed by atoms with Crippen LogP contribution < -0.4 is 10.5 Å². The van der Waals surface area contributed by atoms with Crippen molar-refractivity contribution in [1.29, 1.82) is 0 Å². The Morgan fingerprint density at radius 1 is 1.12 bits per heavy atom. The molecule has 0 unspecified atom stereocenters. The van der Waals surface area contributed by atoms with Gasteiger partial charge in [-0.2, -0.15) is 0 Å². The number of thioether (sulfide) groups is 1. The molecule has 34 heavy (non-hydrogen) atoms. The molecule has 0 aliphatic heterocycles. The summed E-state index contributed by atoms with van der Waals surface area (Å²) in [4.78, 5) is 36.8. The van der Waals surface area contributed by atoms with Gasteiger partial charge in [-0.05, 0) is 55.2 Å². The van der Waals surface area contributed by atoms with E-state index in [1.165, 1.54) is 28.7 Å². The number of hydrogen-bond acceptors (Lipinski definition) is 6. The van der Waals surface area contributed by atoms with Gasteiger partial charge in [-0.3, -0.25) is 19.1 Å². The van der Waals surface area contributed by atoms with E-state index in [4.69, 9.17) is 9.97 Å². The van der Waals surface area contributed by atoms with E-state index in [2.05, 4.69) is 20.8 Å². The van der Waals surface area contributed by atoms with Crippen LogP contribution in [0.1, 0.15) is 37.6 Å². The molecule has 8 heteroatoms. The summed E-state index contributed by atoms with van der Waals surface area (Å²) in [5.41, 5.74) is 4.65. The molecular weight excluding hydrogens is 464 g/mol. The van der Waals surface area contributed by atoms with Crippen molar-refractivity contribution in [2.75, 3.05) is 4.90 Å². The van der Waals surface area contributed by atoms with E-state index in [0.29, 0.717) is 39.4 Å². The van der Waals surface area contributed by atoms with Crippen molar-refractivity contribution in [3.8, 4) is 0 Å². The van der Waals surface area contributed by atoms with Crippen molar-refractivity contribution in [1.82, 2.24) is 14.5 Å². The number of carbonyl (C=O) groups is 1. The number of thiazole rings is 1. The van der Waals surface area contributed by atoms with Gasteiger partial charge in [0.1, 0.15) is 0 Å². The molecule has 4 rings (SSSR count). The van der Waals surface area contributed by atoms with Crippen LogP contribution in [0.15, 0.2) is 57.8 Å². The minimum absolute atomic E-state index is 0.0155. The first kappa shape index (κ1) is 24.2. The minimum Gasteiger partial charge on any atom is -0.287 e. The van der Waals surface area contributed by atoms with Gasteiger partial charge in [0.25, 0.3) is 5.56 Å². The van der Waals surface area contributed by atoms with E-state index in [1.54, 1.807) is 16.4 Å². The number of aromatic nitrogens is 3. The SMILES string of the molecule is CC(=O)N(c1ccc(C)c(C)c1)c1nc(CSc2nc3ccccc3c(=O)n2CC(C)C)cs1. The molecule has 0 saturated heterocycles. The van der Waals surface area contributed by atoms with Crippen LogP contribution in [-0.2, 0) is 17.1 Å². The highest BCUT2D eigenvalue weighted by Gasteiger charge is 2.19. The van der Waals surface area contributed by atoms with Gasteiger partial charge >= 0.3 is 0 Å². The topological polar surface area (TPSA) is 68.1 Å². The molecule has 0 saturated carbocycles. The number of nitrogens with zero attached hydrogens (tertiary/aromatic N) is 4. The quantitative estimate of drug-likeness (QED) is 0.230. The average molecular weight is 493 g/mol.